The third-order valence-corrected chi connectivity index (χ3v) is 5.48. The Kier molecular flexibility index (Phi) is 9.28. The number of hydrogen-bond donors (Lipinski definition) is 2. The van der Waals surface area contributed by atoms with Gasteiger partial charge >= 0.3 is 0 Å². The molecule has 146 valence electrons. The van der Waals surface area contributed by atoms with Crippen molar-refractivity contribution < 1.29 is 0 Å². The first-order valence-electron chi connectivity index (χ1n) is 9.47. The molecule has 1 aromatic carbocycles. The lowest BCUT2D eigenvalue weighted by molar-refractivity contribution is 0.255. The summed E-state index contributed by atoms with van der Waals surface area (Å²) in [4.78, 5) is 9.36. The first-order valence-corrected chi connectivity index (χ1v) is 9.85. The molecular formula is C19H31ClIN5. The molecule has 3 N–H and O–H groups in total. The molecule has 0 radical (unpaired) electrons. The number of benzene rings is 1. The normalized spacial score (nSPS) is 19.0. The number of nitrogens with one attached hydrogen (secondary N) is 1. The van der Waals surface area contributed by atoms with Crippen LogP contribution in [0.15, 0.2) is 29.3 Å². The van der Waals surface area contributed by atoms with E-state index in [1.54, 1.807) is 0 Å². The zero-order chi connectivity index (χ0) is 17.5. The van der Waals surface area contributed by atoms with Crippen LogP contribution in [-0.2, 0) is 0 Å². The fourth-order valence-corrected chi connectivity index (χ4v) is 3.56. The lowest BCUT2D eigenvalue weighted by Crippen LogP contribution is -2.47. The molecule has 1 aliphatic heterocycles. The molecule has 0 bridgehead atoms. The second-order valence-electron chi connectivity index (χ2n) is 7.11. The Morgan fingerprint density at radius 3 is 2.65 bits per heavy atom. The molecule has 1 aliphatic carbocycles. The van der Waals surface area contributed by atoms with Gasteiger partial charge in [0.1, 0.15) is 0 Å². The van der Waals surface area contributed by atoms with E-state index < -0.39 is 0 Å². The largest absolute Gasteiger partial charge is 0.370 e. The Morgan fingerprint density at radius 2 is 2.00 bits per heavy atom. The number of piperazine rings is 1. The molecule has 1 saturated heterocycles. The van der Waals surface area contributed by atoms with E-state index in [1.165, 1.54) is 24.9 Å². The molecule has 1 heterocycles. The third-order valence-electron chi connectivity index (χ3n) is 5.25. The van der Waals surface area contributed by atoms with Crippen molar-refractivity contribution in [3.05, 3.63) is 29.3 Å². The maximum Gasteiger partial charge on any atom is 0.188 e. The number of hydrogen-bond acceptors (Lipinski definition) is 3. The summed E-state index contributed by atoms with van der Waals surface area (Å²) in [6.07, 6.45) is 5.09. The lowest BCUT2D eigenvalue weighted by atomic mass is 9.86. The maximum absolute atomic E-state index is 6.09. The van der Waals surface area contributed by atoms with Gasteiger partial charge in [0.2, 0.25) is 0 Å². The fraction of sp³-hybridized carbons (Fsp3) is 0.632. The van der Waals surface area contributed by atoms with E-state index >= 15 is 0 Å². The van der Waals surface area contributed by atoms with Crippen molar-refractivity contribution in [3.63, 3.8) is 0 Å². The summed E-state index contributed by atoms with van der Waals surface area (Å²) in [5.41, 5.74) is 7.15. The van der Waals surface area contributed by atoms with Crippen LogP contribution in [0.5, 0.6) is 0 Å². The summed E-state index contributed by atoms with van der Waals surface area (Å²) in [5, 5.41) is 4.05. The van der Waals surface area contributed by atoms with Gasteiger partial charge in [-0.3, -0.25) is 9.89 Å². The standard InChI is InChI=1S/C19H30ClN5.HI/c20-17-6-2-7-18(14-17)25-12-10-24(11-13-25)9-3-8-22-19(21)23-15-16-4-1-5-16;/h2,6-7,14,16H,1,3-5,8-13,15H2,(H3,21,22,23);1H. The van der Waals surface area contributed by atoms with Crippen molar-refractivity contribution in [2.45, 2.75) is 25.7 Å². The Morgan fingerprint density at radius 1 is 1.23 bits per heavy atom. The molecule has 7 heteroatoms. The molecule has 2 aliphatic rings. The lowest BCUT2D eigenvalue weighted by Gasteiger charge is -2.36. The van der Waals surface area contributed by atoms with Gasteiger partial charge in [0.25, 0.3) is 0 Å². The van der Waals surface area contributed by atoms with E-state index in [4.69, 9.17) is 17.3 Å². The van der Waals surface area contributed by atoms with Crippen molar-refractivity contribution >= 4 is 47.2 Å². The first kappa shape index (κ1) is 21.6. The topological polar surface area (TPSA) is 56.9 Å². The maximum atomic E-state index is 6.09. The van der Waals surface area contributed by atoms with Gasteiger partial charge in [-0.25, -0.2) is 0 Å². The van der Waals surface area contributed by atoms with Crippen LogP contribution < -0.4 is 16.0 Å². The summed E-state index contributed by atoms with van der Waals surface area (Å²) in [7, 11) is 0. The van der Waals surface area contributed by atoms with Crippen molar-refractivity contribution in [2.24, 2.45) is 16.6 Å². The number of aliphatic imine (C=N–C) groups is 1. The zero-order valence-electron chi connectivity index (χ0n) is 15.4. The van der Waals surface area contributed by atoms with Gasteiger partial charge in [0.05, 0.1) is 0 Å². The van der Waals surface area contributed by atoms with Gasteiger partial charge in [0, 0.05) is 50.0 Å². The summed E-state index contributed by atoms with van der Waals surface area (Å²) < 4.78 is 0. The van der Waals surface area contributed by atoms with Gasteiger partial charge in [0.15, 0.2) is 5.96 Å². The van der Waals surface area contributed by atoms with E-state index in [-0.39, 0.29) is 24.0 Å². The highest BCUT2D eigenvalue weighted by molar-refractivity contribution is 14.0. The van der Waals surface area contributed by atoms with Gasteiger partial charge in [-0.05, 0) is 49.9 Å². The Balaban J connectivity index is 0.00000243. The molecule has 0 amide bonds. The van der Waals surface area contributed by atoms with Crippen LogP contribution in [0.25, 0.3) is 0 Å². The van der Waals surface area contributed by atoms with E-state index in [2.05, 4.69) is 26.2 Å². The highest BCUT2D eigenvalue weighted by atomic mass is 127. The average Bonchev–Trinajstić information content (AvgIpc) is 2.58. The number of halogens is 2. The minimum absolute atomic E-state index is 0. The van der Waals surface area contributed by atoms with E-state index in [0.717, 1.165) is 63.2 Å². The molecule has 0 atom stereocenters. The number of nitrogens with two attached hydrogens (primary N) is 1. The number of nitrogens with zero attached hydrogens (tertiary/aromatic N) is 3. The third kappa shape index (κ3) is 6.78. The molecule has 2 fully saturated rings. The number of anilines is 1. The van der Waals surface area contributed by atoms with E-state index in [0.29, 0.717) is 5.96 Å². The van der Waals surface area contributed by atoms with Crippen LogP contribution in [0, 0.1) is 5.92 Å². The summed E-state index contributed by atoms with van der Waals surface area (Å²) in [6, 6.07) is 8.13. The Labute approximate surface area is 179 Å². The van der Waals surface area contributed by atoms with Crippen LogP contribution in [0.1, 0.15) is 25.7 Å². The second kappa shape index (κ2) is 11.2. The van der Waals surface area contributed by atoms with Gasteiger partial charge in [-0.1, -0.05) is 24.1 Å². The fourth-order valence-electron chi connectivity index (χ4n) is 3.38. The van der Waals surface area contributed by atoms with Crippen molar-refractivity contribution in [2.75, 3.05) is 50.7 Å². The second-order valence-corrected chi connectivity index (χ2v) is 7.55. The molecule has 3 rings (SSSR count). The first-order chi connectivity index (χ1) is 12.2. The molecular weight excluding hydrogens is 461 g/mol. The molecule has 0 spiro atoms. The van der Waals surface area contributed by atoms with Gasteiger partial charge in [-0.2, -0.15) is 0 Å². The summed E-state index contributed by atoms with van der Waals surface area (Å²) in [6.45, 7) is 7.19. The predicted molar refractivity (Wildman–Crippen MR) is 122 cm³/mol. The van der Waals surface area contributed by atoms with E-state index in [1.807, 2.05) is 18.2 Å². The van der Waals surface area contributed by atoms with Crippen LogP contribution in [0.2, 0.25) is 5.02 Å². The molecule has 5 nitrogen and oxygen atoms in total. The van der Waals surface area contributed by atoms with Crippen LogP contribution in [-0.4, -0.2) is 56.7 Å². The highest BCUT2D eigenvalue weighted by Gasteiger charge is 2.17. The molecule has 1 aromatic rings. The Bertz CT molecular complexity index is 571. The van der Waals surface area contributed by atoms with Crippen LogP contribution >= 0.6 is 35.6 Å². The molecule has 0 unspecified atom stereocenters. The van der Waals surface area contributed by atoms with Crippen LogP contribution in [0.4, 0.5) is 5.69 Å². The van der Waals surface area contributed by atoms with Gasteiger partial charge < -0.3 is 16.0 Å². The molecule has 1 saturated carbocycles. The van der Waals surface area contributed by atoms with Crippen LogP contribution in [0.3, 0.4) is 0 Å². The summed E-state index contributed by atoms with van der Waals surface area (Å²) in [5.74, 6) is 1.38. The Hall–Kier alpha value is -0.730. The van der Waals surface area contributed by atoms with Crippen molar-refractivity contribution in [1.29, 1.82) is 0 Å². The quantitative estimate of drug-likeness (QED) is 0.266. The van der Waals surface area contributed by atoms with Crippen molar-refractivity contribution in [1.82, 2.24) is 10.2 Å². The summed E-state index contributed by atoms with van der Waals surface area (Å²) >= 11 is 6.09. The minimum atomic E-state index is 0. The number of guanidine groups is 1. The SMILES string of the molecule is I.NC(=NCC1CCC1)NCCCN1CCN(c2cccc(Cl)c2)CC1. The predicted octanol–water partition coefficient (Wildman–Crippen LogP) is 3.17. The monoisotopic (exact) mass is 491 g/mol. The molecule has 26 heavy (non-hydrogen) atoms. The molecule has 0 aromatic heterocycles. The van der Waals surface area contributed by atoms with Gasteiger partial charge in [-0.15, -0.1) is 24.0 Å². The van der Waals surface area contributed by atoms with E-state index in [9.17, 15) is 0 Å². The average molecular weight is 492 g/mol. The van der Waals surface area contributed by atoms with Crippen molar-refractivity contribution in [3.8, 4) is 0 Å². The smallest absolute Gasteiger partial charge is 0.188 e. The minimum Gasteiger partial charge on any atom is -0.370 e. The zero-order valence-corrected chi connectivity index (χ0v) is 18.5. The number of rotatable bonds is 7. The highest BCUT2D eigenvalue weighted by Crippen LogP contribution is 2.26.